The first-order valence-corrected chi connectivity index (χ1v) is 9.59. The SMILES string of the molecule is Cc1cc(C)n(CCC(=O)N2C[C@H]3C[C@H](C2)[C@H]2CCCC(=O)N2C3)n1. The van der Waals surface area contributed by atoms with E-state index in [9.17, 15) is 9.59 Å². The fraction of sp³-hybridized carbons (Fsp3) is 0.737. The van der Waals surface area contributed by atoms with Crippen molar-refractivity contribution in [2.45, 2.75) is 58.5 Å². The lowest BCUT2D eigenvalue weighted by molar-refractivity contribution is -0.148. The maximum Gasteiger partial charge on any atom is 0.224 e. The van der Waals surface area contributed by atoms with E-state index in [1.165, 1.54) is 6.42 Å². The number of hydrogen-bond donors (Lipinski definition) is 0. The van der Waals surface area contributed by atoms with Crippen molar-refractivity contribution in [1.29, 1.82) is 0 Å². The number of amides is 2. The van der Waals surface area contributed by atoms with Crippen molar-refractivity contribution in [3.8, 4) is 0 Å². The summed E-state index contributed by atoms with van der Waals surface area (Å²) in [6.07, 6.45) is 4.51. The second-order valence-electron chi connectivity index (χ2n) is 8.07. The summed E-state index contributed by atoms with van der Waals surface area (Å²) in [7, 11) is 0. The molecule has 0 aliphatic carbocycles. The van der Waals surface area contributed by atoms with Gasteiger partial charge in [-0.2, -0.15) is 5.10 Å². The van der Waals surface area contributed by atoms with Gasteiger partial charge in [0.15, 0.2) is 0 Å². The van der Waals surface area contributed by atoms with Gasteiger partial charge in [-0.05, 0) is 51.0 Å². The molecular formula is C19H28N4O2. The minimum atomic E-state index is 0.234. The van der Waals surface area contributed by atoms with Crippen LogP contribution in [0, 0.1) is 25.7 Å². The maximum absolute atomic E-state index is 12.7. The van der Waals surface area contributed by atoms with E-state index < -0.39 is 0 Å². The molecule has 2 amide bonds. The van der Waals surface area contributed by atoms with Crippen LogP contribution in [0.4, 0.5) is 0 Å². The number of carbonyl (C=O) groups is 2. The van der Waals surface area contributed by atoms with Crippen molar-refractivity contribution in [2.75, 3.05) is 19.6 Å². The van der Waals surface area contributed by atoms with E-state index in [1.807, 2.05) is 24.6 Å². The van der Waals surface area contributed by atoms with Crippen molar-refractivity contribution in [1.82, 2.24) is 19.6 Å². The molecule has 4 heterocycles. The second-order valence-corrected chi connectivity index (χ2v) is 8.07. The van der Waals surface area contributed by atoms with Crippen molar-refractivity contribution >= 4 is 11.8 Å². The first-order valence-electron chi connectivity index (χ1n) is 9.59. The Bertz CT molecular complexity index is 683. The van der Waals surface area contributed by atoms with Crippen LogP contribution < -0.4 is 0 Å². The van der Waals surface area contributed by atoms with E-state index >= 15 is 0 Å². The summed E-state index contributed by atoms with van der Waals surface area (Å²) in [5.41, 5.74) is 2.11. The zero-order chi connectivity index (χ0) is 17.6. The fourth-order valence-corrected chi connectivity index (χ4v) is 5.07. The van der Waals surface area contributed by atoms with E-state index in [0.29, 0.717) is 43.2 Å². The van der Waals surface area contributed by atoms with Gasteiger partial charge in [-0.25, -0.2) is 0 Å². The van der Waals surface area contributed by atoms with Crippen molar-refractivity contribution in [2.24, 2.45) is 11.8 Å². The number of fused-ring (bicyclic) bond motifs is 4. The Kier molecular flexibility index (Phi) is 4.29. The number of aryl methyl sites for hydroxylation is 3. The minimum Gasteiger partial charge on any atom is -0.342 e. The smallest absolute Gasteiger partial charge is 0.224 e. The molecule has 0 aromatic carbocycles. The molecule has 0 spiro atoms. The third-order valence-electron chi connectivity index (χ3n) is 6.17. The number of hydrogen-bond acceptors (Lipinski definition) is 3. The maximum atomic E-state index is 12.7. The van der Waals surface area contributed by atoms with Gasteiger partial charge in [0.25, 0.3) is 0 Å². The van der Waals surface area contributed by atoms with Gasteiger partial charge in [0, 0.05) is 50.8 Å². The van der Waals surface area contributed by atoms with Gasteiger partial charge >= 0.3 is 0 Å². The van der Waals surface area contributed by atoms with Crippen LogP contribution in [0.1, 0.15) is 43.5 Å². The van der Waals surface area contributed by atoms with Crippen molar-refractivity contribution < 1.29 is 9.59 Å². The molecule has 0 radical (unpaired) electrons. The van der Waals surface area contributed by atoms with Crippen LogP contribution in [0.5, 0.6) is 0 Å². The number of aromatic nitrogens is 2. The predicted molar refractivity (Wildman–Crippen MR) is 93.8 cm³/mol. The first-order chi connectivity index (χ1) is 12.0. The molecule has 6 heteroatoms. The van der Waals surface area contributed by atoms with E-state index in [1.54, 1.807) is 0 Å². The summed E-state index contributed by atoms with van der Waals surface area (Å²) in [6.45, 7) is 7.14. The molecule has 1 aromatic rings. The van der Waals surface area contributed by atoms with Gasteiger partial charge in [-0.3, -0.25) is 14.3 Å². The average molecular weight is 344 g/mol. The Labute approximate surface area is 149 Å². The highest BCUT2D eigenvalue weighted by atomic mass is 16.2. The molecule has 0 N–H and O–H groups in total. The Morgan fingerprint density at radius 1 is 1.28 bits per heavy atom. The van der Waals surface area contributed by atoms with Crippen LogP contribution >= 0.6 is 0 Å². The van der Waals surface area contributed by atoms with Gasteiger partial charge in [0.1, 0.15) is 0 Å². The molecule has 3 aliphatic heterocycles. The van der Waals surface area contributed by atoms with Crippen molar-refractivity contribution in [3.05, 3.63) is 17.5 Å². The quantitative estimate of drug-likeness (QED) is 0.839. The lowest BCUT2D eigenvalue weighted by Crippen LogP contribution is -2.61. The summed E-state index contributed by atoms with van der Waals surface area (Å²) in [5.74, 6) is 1.48. The lowest BCUT2D eigenvalue weighted by Gasteiger charge is -2.52. The molecule has 4 rings (SSSR count). The van der Waals surface area contributed by atoms with Crippen LogP contribution in [-0.2, 0) is 16.1 Å². The van der Waals surface area contributed by atoms with Gasteiger partial charge in [-0.1, -0.05) is 0 Å². The molecular weight excluding hydrogens is 316 g/mol. The Hall–Kier alpha value is -1.85. The summed E-state index contributed by atoms with van der Waals surface area (Å²) >= 11 is 0. The highest BCUT2D eigenvalue weighted by Crippen LogP contribution is 2.38. The molecule has 6 nitrogen and oxygen atoms in total. The molecule has 0 unspecified atom stereocenters. The zero-order valence-corrected chi connectivity index (χ0v) is 15.3. The molecule has 3 aliphatic rings. The number of nitrogens with zero attached hydrogens (tertiary/aromatic N) is 4. The number of piperidine rings is 3. The van der Waals surface area contributed by atoms with Gasteiger partial charge in [0.05, 0.1) is 5.69 Å². The largest absolute Gasteiger partial charge is 0.342 e. The standard InChI is InChI=1S/C19H28N4O2/c1-13-8-14(2)23(20-13)7-6-18(24)21-10-15-9-16(12-21)17-4-3-5-19(25)22(17)11-15/h8,15-17H,3-7,9-12H2,1-2H3/t15-,16-,17-/m1/s1. The summed E-state index contributed by atoms with van der Waals surface area (Å²) in [6, 6.07) is 2.41. The summed E-state index contributed by atoms with van der Waals surface area (Å²) < 4.78 is 1.93. The molecule has 1 aromatic heterocycles. The zero-order valence-electron chi connectivity index (χ0n) is 15.3. The number of likely N-dealkylation sites (tertiary alicyclic amines) is 1. The monoisotopic (exact) mass is 344 g/mol. The predicted octanol–water partition coefficient (Wildman–Crippen LogP) is 1.75. The third-order valence-corrected chi connectivity index (χ3v) is 6.17. The van der Waals surface area contributed by atoms with E-state index in [-0.39, 0.29) is 5.91 Å². The normalized spacial score (nSPS) is 28.9. The Morgan fingerprint density at radius 2 is 2.12 bits per heavy atom. The van der Waals surface area contributed by atoms with E-state index in [2.05, 4.69) is 14.9 Å². The van der Waals surface area contributed by atoms with Gasteiger partial charge in [0.2, 0.25) is 11.8 Å². The van der Waals surface area contributed by atoms with Crippen molar-refractivity contribution in [3.63, 3.8) is 0 Å². The van der Waals surface area contributed by atoms with E-state index in [4.69, 9.17) is 0 Å². The molecule has 2 bridgehead atoms. The Balaban J connectivity index is 1.38. The van der Waals surface area contributed by atoms with Crippen LogP contribution in [-0.4, -0.2) is 57.1 Å². The van der Waals surface area contributed by atoms with Gasteiger partial charge in [-0.15, -0.1) is 0 Å². The second kappa shape index (κ2) is 6.46. The average Bonchev–Trinajstić information content (AvgIpc) is 2.91. The van der Waals surface area contributed by atoms with Crippen LogP contribution in [0.3, 0.4) is 0 Å². The lowest BCUT2D eigenvalue weighted by atomic mass is 9.76. The molecule has 25 heavy (non-hydrogen) atoms. The van der Waals surface area contributed by atoms with Crippen LogP contribution in [0.15, 0.2) is 6.07 Å². The Morgan fingerprint density at radius 3 is 2.88 bits per heavy atom. The molecule has 136 valence electrons. The highest BCUT2D eigenvalue weighted by Gasteiger charge is 2.44. The highest BCUT2D eigenvalue weighted by molar-refractivity contribution is 5.78. The molecule has 3 fully saturated rings. The summed E-state index contributed by atoms with van der Waals surface area (Å²) in [4.78, 5) is 29.1. The number of rotatable bonds is 3. The molecule has 0 saturated carbocycles. The summed E-state index contributed by atoms with van der Waals surface area (Å²) in [5, 5.41) is 4.45. The molecule has 3 saturated heterocycles. The topological polar surface area (TPSA) is 58.4 Å². The first kappa shape index (κ1) is 16.6. The molecule has 3 atom stereocenters. The van der Waals surface area contributed by atoms with E-state index in [0.717, 1.165) is 43.9 Å². The number of carbonyl (C=O) groups excluding carboxylic acids is 2. The fourth-order valence-electron chi connectivity index (χ4n) is 5.07. The van der Waals surface area contributed by atoms with Crippen LogP contribution in [0.25, 0.3) is 0 Å². The third kappa shape index (κ3) is 3.18. The van der Waals surface area contributed by atoms with Crippen LogP contribution in [0.2, 0.25) is 0 Å². The minimum absolute atomic E-state index is 0.234. The van der Waals surface area contributed by atoms with Gasteiger partial charge < -0.3 is 9.80 Å².